The third-order valence-electron chi connectivity index (χ3n) is 4.75. The predicted molar refractivity (Wildman–Crippen MR) is 105 cm³/mol. The van der Waals surface area contributed by atoms with Gasteiger partial charge in [-0.3, -0.25) is 9.69 Å². The Balaban J connectivity index is 1.77. The summed E-state index contributed by atoms with van der Waals surface area (Å²) in [6, 6.07) is 8.40. The minimum Gasteiger partial charge on any atom is -0.378 e. The second-order valence-corrected chi connectivity index (χ2v) is 7.78. The number of anilines is 1. The van der Waals surface area contributed by atoms with Crippen LogP contribution in [0.3, 0.4) is 0 Å². The first kappa shape index (κ1) is 19.7. The Morgan fingerprint density at radius 1 is 1.00 bits per heavy atom. The highest BCUT2D eigenvalue weighted by Gasteiger charge is 2.20. The Morgan fingerprint density at radius 2 is 1.56 bits per heavy atom. The summed E-state index contributed by atoms with van der Waals surface area (Å²) in [5, 5.41) is 0. The lowest BCUT2D eigenvalue weighted by molar-refractivity contribution is -0.132. The van der Waals surface area contributed by atoms with E-state index in [4.69, 9.17) is 0 Å². The van der Waals surface area contributed by atoms with Crippen LogP contribution < -0.4 is 4.90 Å². The second-order valence-electron chi connectivity index (χ2n) is 7.78. The smallest absolute Gasteiger partial charge is 0.236 e. The summed E-state index contributed by atoms with van der Waals surface area (Å²) in [7, 11) is 5.97. The molecule has 0 bridgehead atoms. The summed E-state index contributed by atoms with van der Waals surface area (Å²) in [6.45, 7) is 11.0. The average Bonchev–Trinajstić information content (AvgIpc) is 2.56. The molecule has 0 unspecified atom stereocenters. The fourth-order valence-electron chi connectivity index (χ4n) is 3.22. The van der Waals surface area contributed by atoms with E-state index in [1.54, 1.807) is 0 Å². The number of amides is 1. The summed E-state index contributed by atoms with van der Waals surface area (Å²) < 4.78 is 0. The van der Waals surface area contributed by atoms with Gasteiger partial charge in [0.15, 0.2) is 0 Å². The van der Waals surface area contributed by atoms with Crippen LogP contribution in [0.25, 0.3) is 0 Å². The minimum atomic E-state index is 0.203. The van der Waals surface area contributed by atoms with Gasteiger partial charge in [0.25, 0.3) is 0 Å². The van der Waals surface area contributed by atoms with Gasteiger partial charge in [-0.15, -0.1) is 0 Å². The summed E-state index contributed by atoms with van der Waals surface area (Å²) in [5.41, 5.74) is 2.35. The largest absolute Gasteiger partial charge is 0.378 e. The molecular formula is C20H34N4O. The Bertz CT molecular complexity index is 533. The van der Waals surface area contributed by atoms with Crippen LogP contribution >= 0.6 is 0 Å². The lowest BCUT2D eigenvalue weighted by Gasteiger charge is -2.35. The van der Waals surface area contributed by atoms with Gasteiger partial charge in [-0.2, -0.15) is 0 Å². The third kappa shape index (κ3) is 6.33. The molecule has 1 aliphatic rings. The van der Waals surface area contributed by atoms with Crippen molar-refractivity contribution in [3.63, 3.8) is 0 Å². The molecule has 1 saturated heterocycles. The summed E-state index contributed by atoms with van der Waals surface area (Å²) in [6.07, 6.45) is 0. The summed E-state index contributed by atoms with van der Waals surface area (Å²) in [5.74, 6) is 0.909. The number of carbonyl (C=O) groups is 1. The van der Waals surface area contributed by atoms with E-state index in [9.17, 15) is 4.79 Å². The van der Waals surface area contributed by atoms with Crippen LogP contribution in [0, 0.1) is 5.92 Å². The van der Waals surface area contributed by atoms with E-state index in [0.717, 1.165) is 32.7 Å². The van der Waals surface area contributed by atoms with E-state index in [0.29, 0.717) is 19.0 Å². The van der Waals surface area contributed by atoms with Crippen LogP contribution in [0.4, 0.5) is 5.69 Å². The number of rotatable bonds is 7. The fourth-order valence-corrected chi connectivity index (χ4v) is 3.22. The molecule has 1 heterocycles. The Morgan fingerprint density at radius 3 is 2.08 bits per heavy atom. The van der Waals surface area contributed by atoms with E-state index in [-0.39, 0.29) is 5.91 Å². The predicted octanol–water partition coefficient (Wildman–Crippen LogP) is 1.98. The van der Waals surface area contributed by atoms with E-state index in [1.165, 1.54) is 11.3 Å². The molecule has 1 aromatic rings. The highest BCUT2D eigenvalue weighted by molar-refractivity contribution is 5.78. The van der Waals surface area contributed by atoms with Gasteiger partial charge in [-0.1, -0.05) is 26.0 Å². The van der Waals surface area contributed by atoms with E-state index < -0.39 is 0 Å². The van der Waals surface area contributed by atoms with Crippen molar-refractivity contribution in [3.8, 4) is 0 Å². The van der Waals surface area contributed by atoms with Gasteiger partial charge in [0, 0.05) is 66.1 Å². The molecule has 0 saturated carbocycles. The Labute approximate surface area is 153 Å². The minimum absolute atomic E-state index is 0.203. The van der Waals surface area contributed by atoms with Crippen LogP contribution in [0.2, 0.25) is 0 Å². The number of likely N-dealkylation sites (N-methyl/N-ethyl adjacent to an activating group) is 1. The maximum atomic E-state index is 12.5. The van der Waals surface area contributed by atoms with Crippen molar-refractivity contribution >= 4 is 11.6 Å². The molecule has 0 spiro atoms. The molecule has 5 nitrogen and oxygen atoms in total. The van der Waals surface area contributed by atoms with Crippen molar-refractivity contribution in [1.82, 2.24) is 14.7 Å². The highest BCUT2D eigenvalue weighted by atomic mass is 16.2. The molecule has 0 radical (unpaired) electrons. The zero-order valence-electron chi connectivity index (χ0n) is 16.5. The van der Waals surface area contributed by atoms with Crippen molar-refractivity contribution in [2.45, 2.75) is 20.4 Å². The molecule has 0 atom stereocenters. The Kier molecular flexibility index (Phi) is 7.26. The normalized spacial score (nSPS) is 16.2. The lowest BCUT2D eigenvalue weighted by atomic mass is 10.2. The fraction of sp³-hybridized carbons (Fsp3) is 0.650. The van der Waals surface area contributed by atoms with Crippen LogP contribution in [0.5, 0.6) is 0 Å². The molecule has 1 fully saturated rings. The first-order chi connectivity index (χ1) is 11.8. The molecule has 2 rings (SSSR count). The molecule has 1 aliphatic heterocycles. The molecule has 25 heavy (non-hydrogen) atoms. The van der Waals surface area contributed by atoms with Gasteiger partial charge in [-0.05, 0) is 23.6 Å². The third-order valence-corrected chi connectivity index (χ3v) is 4.75. The molecular weight excluding hydrogens is 312 g/mol. The van der Waals surface area contributed by atoms with E-state index >= 15 is 0 Å². The molecule has 1 amide bonds. The molecule has 5 heteroatoms. The van der Waals surface area contributed by atoms with Crippen molar-refractivity contribution in [1.29, 1.82) is 0 Å². The van der Waals surface area contributed by atoms with Gasteiger partial charge < -0.3 is 14.7 Å². The number of carbonyl (C=O) groups excluding carboxylic acids is 1. The number of hydrogen-bond acceptors (Lipinski definition) is 4. The Hall–Kier alpha value is -1.59. The van der Waals surface area contributed by atoms with Crippen molar-refractivity contribution in [3.05, 3.63) is 29.8 Å². The molecule has 0 aromatic heterocycles. The van der Waals surface area contributed by atoms with E-state index in [1.807, 2.05) is 26.0 Å². The van der Waals surface area contributed by atoms with Gasteiger partial charge >= 0.3 is 0 Å². The molecule has 0 N–H and O–H groups in total. The standard InChI is InChI=1S/C20H34N4O/c1-17(2)14-23-10-12-24(13-11-23)16-20(25)22(5)15-18-6-8-19(9-7-18)21(3)4/h6-9,17H,10-16H2,1-5H3. The first-order valence-electron chi connectivity index (χ1n) is 9.30. The second kappa shape index (κ2) is 9.20. The lowest BCUT2D eigenvalue weighted by Crippen LogP contribution is -2.50. The van der Waals surface area contributed by atoms with Gasteiger partial charge in [0.1, 0.15) is 0 Å². The molecule has 0 aliphatic carbocycles. The van der Waals surface area contributed by atoms with Crippen molar-refractivity contribution in [2.75, 3.05) is 65.3 Å². The van der Waals surface area contributed by atoms with E-state index in [2.05, 4.69) is 52.8 Å². The monoisotopic (exact) mass is 346 g/mol. The number of piperazine rings is 1. The molecule has 140 valence electrons. The quantitative estimate of drug-likeness (QED) is 0.755. The van der Waals surface area contributed by atoms with Crippen LogP contribution in [-0.2, 0) is 11.3 Å². The summed E-state index contributed by atoms with van der Waals surface area (Å²) in [4.78, 5) is 21.2. The van der Waals surface area contributed by atoms with Crippen LogP contribution in [0.15, 0.2) is 24.3 Å². The van der Waals surface area contributed by atoms with Gasteiger partial charge in [-0.25, -0.2) is 0 Å². The van der Waals surface area contributed by atoms with Crippen LogP contribution in [0.1, 0.15) is 19.4 Å². The maximum Gasteiger partial charge on any atom is 0.236 e. The number of hydrogen-bond donors (Lipinski definition) is 0. The van der Waals surface area contributed by atoms with Crippen molar-refractivity contribution in [2.24, 2.45) is 5.92 Å². The number of benzene rings is 1. The van der Waals surface area contributed by atoms with Gasteiger partial charge in [0.2, 0.25) is 5.91 Å². The topological polar surface area (TPSA) is 30.0 Å². The first-order valence-corrected chi connectivity index (χ1v) is 9.30. The van der Waals surface area contributed by atoms with Crippen molar-refractivity contribution < 1.29 is 4.79 Å². The highest BCUT2D eigenvalue weighted by Crippen LogP contribution is 2.13. The zero-order valence-corrected chi connectivity index (χ0v) is 16.5. The average molecular weight is 347 g/mol. The maximum absolute atomic E-state index is 12.5. The molecule has 1 aromatic carbocycles. The summed E-state index contributed by atoms with van der Waals surface area (Å²) >= 11 is 0. The van der Waals surface area contributed by atoms with Crippen LogP contribution in [-0.4, -0.2) is 81.0 Å². The zero-order chi connectivity index (χ0) is 18.4. The SMILES string of the molecule is CC(C)CN1CCN(CC(=O)N(C)Cc2ccc(N(C)C)cc2)CC1. The number of nitrogens with zero attached hydrogens (tertiary/aromatic N) is 4. The van der Waals surface area contributed by atoms with Gasteiger partial charge in [0.05, 0.1) is 6.54 Å².